The average Bonchev–Trinajstić information content (AvgIpc) is 3.66. The quantitative estimate of drug-likeness (QED) is 0.148. The SMILES string of the molecule is Cc1cccc(NC(=O)c2ccc3c(/N=N/c4c(C)cnn4-c4nc5ccccc5s4)c(O)c(C(=O)Nc4cccc(C)c4)cc3c2)c1. The van der Waals surface area contributed by atoms with E-state index < -0.39 is 5.91 Å². The molecule has 5 aromatic carbocycles. The summed E-state index contributed by atoms with van der Waals surface area (Å²) in [4.78, 5) is 31.6. The molecular formula is C37H29N7O3S. The van der Waals surface area contributed by atoms with Gasteiger partial charge in [0.1, 0.15) is 5.69 Å². The highest BCUT2D eigenvalue weighted by atomic mass is 32.1. The fraction of sp³-hybridized carbons (Fsp3) is 0.0811. The van der Waals surface area contributed by atoms with Crippen LogP contribution in [0.5, 0.6) is 5.75 Å². The van der Waals surface area contributed by atoms with Gasteiger partial charge in [-0.2, -0.15) is 9.78 Å². The molecule has 0 saturated heterocycles. The van der Waals surface area contributed by atoms with Crippen molar-refractivity contribution in [1.29, 1.82) is 0 Å². The highest BCUT2D eigenvalue weighted by Crippen LogP contribution is 2.41. The summed E-state index contributed by atoms with van der Waals surface area (Å²) in [6.45, 7) is 5.73. The topological polar surface area (TPSA) is 134 Å². The Bertz CT molecular complexity index is 2380. The van der Waals surface area contributed by atoms with E-state index in [1.807, 2.05) is 87.5 Å². The number of hydrogen-bond donors (Lipinski definition) is 3. The summed E-state index contributed by atoms with van der Waals surface area (Å²) in [5.74, 6) is -0.788. The third kappa shape index (κ3) is 6.02. The molecule has 10 nitrogen and oxygen atoms in total. The molecular weight excluding hydrogens is 623 g/mol. The number of nitrogens with zero attached hydrogens (tertiary/aromatic N) is 5. The molecule has 11 heteroatoms. The number of aromatic hydroxyl groups is 1. The van der Waals surface area contributed by atoms with Gasteiger partial charge in [-0.3, -0.25) is 9.59 Å². The summed E-state index contributed by atoms with van der Waals surface area (Å²) in [7, 11) is 0. The standard InChI is InChI=1S/C37H29N7O3S/c1-21-8-6-10-26(16-21)39-35(46)24-14-15-28-25(18-24)19-29(36(47)40-27-11-7-9-22(2)17-27)33(45)32(28)42-43-34-23(3)20-38-44(34)37-41-30-12-4-5-13-31(30)48-37/h4-20,45H,1-3H3,(H,39,46)(H,40,47)/b43-42+. The zero-order valence-corrected chi connectivity index (χ0v) is 27.0. The van der Waals surface area contributed by atoms with Gasteiger partial charge in [-0.05, 0) is 91.9 Å². The van der Waals surface area contributed by atoms with Gasteiger partial charge in [0.15, 0.2) is 11.6 Å². The summed E-state index contributed by atoms with van der Waals surface area (Å²) in [6.07, 6.45) is 1.67. The number of benzene rings is 5. The smallest absolute Gasteiger partial charge is 0.259 e. The van der Waals surface area contributed by atoms with E-state index in [1.54, 1.807) is 41.2 Å². The zero-order chi connectivity index (χ0) is 33.4. The van der Waals surface area contributed by atoms with Crippen LogP contribution in [0.3, 0.4) is 0 Å². The molecule has 2 aromatic heterocycles. The molecule has 7 aromatic rings. The summed E-state index contributed by atoms with van der Waals surface area (Å²) in [5.41, 5.74) is 5.22. The number of amides is 2. The van der Waals surface area contributed by atoms with E-state index in [4.69, 9.17) is 4.98 Å². The van der Waals surface area contributed by atoms with Crippen LogP contribution >= 0.6 is 11.3 Å². The first-order chi connectivity index (χ1) is 23.2. The first-order valence-electron chi connectivity index (χ1n) is 15.1. The van der Waals surface area contributed by atoms with Crippen molar-refractivity contribution in [1.82, 2.24) is 14.8 Å². The van der Waals surface area contributed by atoms with Gasteiger partial charge in [-0.15, -0.1) is 10.2 Å². The Morgan fingerprint density at radius 2 is 1.50 bits per heavy atom. The number of azo groups is 1. The predicted octanol–water partition coefficient (Wildman–Crippen LogP) is 9.19. The molecule has 2 amide bonds. The van der Waals surface area contributed by atoms with E-state index in [9.17, 15) is 14.7 Å². The molecule has 0 fully saturated rings. The lowest BCUT2D eigenvalue weighted by molar-refractivity contribution is 0.101. The number of rotatable bonds is 7. The van der Waals surface area contributed by atoms with Gasteiger partial charge in [0.05, 0.1) is 22.0 Å². The third-order valence-corrected chi connectivity index (χ3v) is 8.79. The number of thiazole rings is 1. The average molecular weight is 652 g/mol. The van der Waals surface area contributed by atoms with Crippen LogP contribution in [0.4, 0.5) is 22.9 Å². The number of anilines is 2. The lowest BCUT2D eigenvalue weighted by Crippen LogP contribution is -2.13. The van der Waals surface area contributed by atoms with Crippen molar-refractivity contribution in [3.63, 3.8) is 0 Å². The van der Waals surface area contributed by atoms with E-state index in [0.29, 0.717) is 38.7 Å². The summed E-state index contributed by atoms with van der Waals surface area (Å²) in [5, 5.41) is 32.5. The van der Waals surface area contributed by atoms with Crippen molar-refractivity contribution in [2.24, 2.45) is 10.2 Å². The van der Waals surface area contributed by atoms with E-state index >= 15 is 0 Å². The molecule has 3 N–H and O–H groups in total. The van der Waals surface area contributed by atoms with Crippen molar-refractivity contribution in [2.45, 2.75) is 20.8 Å². The molecule has 0 spiro atoms. The molecule has 2 heterocycles. The Hall–Kier alpha value is -6.20. The molecule has 0 aliphatic carbocycles. The Balaban J connectivity index is 1.31. The molecule has 0 atom stereocenters. The first-order valence-corrected chi connectivity index (χ1v) is 15.9. The van der Waals surface area contributed by atoms with Gasteiger partial charge in [0.2, 0.25) is 5.13 Å². The van der Waals surface area contributed by atoms with Crippen molar-refractivity contribution < 1.29 is 14.7 Å². The second kappa shape index (κ2) is 12.5. The predicted molar refractivity (Wildman–Crippen MR) is 190 cm³/mol. The van der Waals surface area contributed by atoms with Crippen LogP contribution in [-0.2, 0) is 0 Å². The van der Waals surface area contributed by atoms with E-state index in [2.05, 4.69) is 26.0 Å². The molecule has 0 aliphatic rings. The zero-order valence-electron chi connectivity index (χ0n) is 26.2. The number of phenolic OH excluding ortho intramolecular Hbond substituents is 1. The van der Waals surface area contributed by atoms with E-state index in [0.717, 1.165) is 26.9 Å². The van der Waals surface area contributed by atoms with E-state index in [1.165, 1.54) is 11.3 Å². The van der Waals surface area contributed by atoms with Gasteiger partial charge >= 0.3 is 0 Å². The maximum atomic E-state index is 13.6. The van der Waals surface area contributed by atoms with Crippen LogP contribution in [0.25, 0.3) is 26.1 Å². The normalized spacial score (nSPS) is 11.4. The molecule has 236 valence electrons. The minimum Gasteiger partial charge on any atom is -0.505 e. The number of carbonyl (C=O) groups is 2. The lowest BCUT2D eigenvalue weighted by Gasteiger charge is -2.13. The summed E-state index contributed by atoms with van der Waals surface area (Å²) in [6, 6.07) is 29.2. The summed E-state index contributed by atoms with van der Waals surface area (Å²) < 4.78 is 2.60. The van der Waals surface area contributed by atoms with Crippen LogP contribution in [0.1, 0.15) is 37.4 Å². The highest BCUT2D eigenvalue weighted by molar-refractivity contribution is 7.20. The number of nitrogens with one attached hydrogen (secondary N) is 2. The Morgan fingerprint density at radius 3 is 2.21 bits per heavy atom. The van der Waals surface area contributed by atoms with Crippen LogP contribution in [0.2, 0.25) is 0 Å². The Kier molecular flexibility index (Phi) is 7.95. The maximum Gasteiger partial charge on any atom is 0.259 e. The van der Waals surface area contributed by atoms with Gasteiger partial charge in [-0.1, -0.05) is 53.8 Å². The lowest BCUT2D eigenvalue weighted by atomic mass is 10.00. The summed E-state index contributed by atoms with van der Waals surface area (Å²) >= 11 is 1.47. The Morgan fingerprint density at radius 1 is 0.792 bits per heavy atom. The first kappa shape index (κ1) is 30.5. The Labute approximate surface area is 279 Å². The maximum absolute atomic E-state index is 13.6. The van der Waals surface area contributed by atoms with Crippen LogP contribution in [-0.4, -0.2) is 31.7 Å². The number of carbonyl (C=O) groups excluding carboxylic acids is 2. The number of phenols is 1. The van der Waals surface area contributed by atoms with E-state index in [-0.39, 0.29) is 22.9 Å². The third-order valence-electron chi connectivity index (χ3n) is 7.77. The second-order valence-electron chi connectivity index (χ2n) is 11.4. The van der Waals surface area contributed by atoms with Crippen LogP contribution < -0.4 is 10.6 Å². The number of fused-ring (bicyclic) bond motifs is 2. The minimum absolute atomic E-state index is 0.0226. The van der Waals surface area contributed by atoms with Gasteiger partial charge < -0.3 is 15.7 Å². The number of para-hydroxylation sites is 1. The fourth-order valence-electron chi connectivity index (χ4n) is 5.37. The molecule has 0 unspecified atom stereocenters. The van der Waals surface area contributed by atoms with Crippen LogP contribution in [0.15, 0.2) is 113 Å². The number of aryl methyl sites for hydroxylation is 3. The van der Waals surface area contributed by atoms with Crippen molar-refractivity contribution in [2.75, 3.05) is 10.6 Å². The molecule has 0 radical (unpaired) electrons. The molecule has 0 saturated carbocycles. The monoisotopic (exact) mass is 651 g/mol. The van der Waals surface area contributed by atoms with Crippen molar-refractivity contribution >= 4 is 67.0 Å². The van der Waals surface area contributed by atoms with Gasteiger partial charge in [0.25, 0.3) is 11.8 Å². The van der Waals surface area contributed by atoms with Gasteiger partial charge in [-0.25, -0.2) is 4.98 Å². The fourth-order valence-corrected chi connectivity index (χ4v) is 6.30. The molecule has 48 heavy (non-hydrogen) atoms. The van der Waals surface area contributed by atoms with Crippen LogP contribution in [0, 0.1) is 20.8 Å². The highest BCUT2D eigenvalue weighted by Gasteiger charge is 2.21. The van der Waals surface area contributed by atoms with Gasteiger partial charge in [0, 0.05) is 27.9 Å². The molecule has 0 aliphatic heterocycles. The molecule has 0 bridgehead atoms. The largest absolute Gasteiger partial charge is 0.505 e. The van der Waals surface area contributed by atoms with Crippen molar-refractivity contribution in [3.8, 4) is 10.9 Å². The minimum atomic E-state index is -0.540. The molecule has 7 rings (SSSR count). The van der Waals surface area contributed by atoms with Crippen molar-refractivity contribution in [3.05, 3.63) is 131 Å². The number of hydrogen-bond acceptors (Lipinski definition) is 8. The second-order valence-corrected chi connectivity index (χ2v) is 12.4. The number of aromatic nitrogens is 3.